The molecule has 0 N–H and O–H groups in total. The Morgan fingerprint density at radius 3 is 3.18 bits per heavy atom. The second-order valence-corrected chi connectivity index (χ2v) is 2.40. The van der Waals surface area contributed by atoms with Crippen LogP contribution in [0.4, 0.5) is 0 Å². The molecule has 2 aromatic rings. The Balaban J connectivity index is 2.91. The topological polar surface area (TPSA) is 50.1 Å². The van der Waals surface area contributed by atoms with Gasteiger partial charge in [-0.2, -0.15) is 4.98 Å². The van der Waals surface area contributed by atoms with Gasteiger partial charge in [0.2, 0.25) is 0 Å². The summed E-state index contributed by atoms with van der Waals surface area (Å²) in [4.78, 5) is 7.39. The van der Waals surface area contributed by atoms with E-state index in [1.165, 1.54) is 16.7 Å². The highest BCUT2D eigenvalue weighted by Gasteiger charge is 2.03. The van der Waals surface area contributed by atoms with Gasteiger partial charge in [0, 0.05) is 18.5 Å². The predicted molar refractivity (Wildman–Crippen MR) is 38.1 cm³/mol. The van der Waals surface area contributed by atoms with Gasteiger partial charge in [0.05, 0.1) is 0 Å². The molecule has 0 aliphatic heterocycles. The molecule has 0 aliphatic rings. The molecule has 0 aromatic carbocycles. The molecular formula is C6H3ClN3O. The Hall–Kier alpha value is -1.29. The highest BCUT2D eigenvalue weighted by atomic mass is 35.5. The van der Waals surface area contributed by atoms with Crippen molar-refractivity contribution in [1.82, 2.24) is 14.4 Å². The minimum absolute atomic E-state index is 0.175. The average molecular weight is 169 g/mol. The second kappa shape index (κ2) is 2.10. The standard InChI is InChI=1S/C6H3ClN3O/c7-4-3-5-8-1-2-10(5)6(11)9-4/h1-3H. The zero-order valence-electron chi connectivity index (χ0n) is 5.36. The number of aromatic nitrogens is 3. The number of halogens is 1. The fourth-order valence-electron chi connectivity index (χ4n) is 0.868. The molecule has 1 radical (unpaired) electrons. The van der Waals surface area contributed by atoms with E-state index in [4.69, 9.17) is 11.6 Å². The molecule has 5 heteroatoms. The van der Waals surface area contributed by atoms with Gasteiger partial charge in [-0.05, 0) is 0 Å². The van der Waals surface area contributed by atoms with E-state index in [1.807, 2.05) is 0 Å². The Morgan fingerprint density at radius 1 is 1.55 bits per heavy atom. The van der Waals surface area contributed by atoms with E-state index in [1.54, 1.807) is 6.20 Å². The van der Waals surface area contributed by atoms with Gasteiger partial charge in [0.1, 0.15) is 10.8 Å². The zero-order chi connectivity index (χ0) is 7.84. The number of hydrogen-bond acceptors (Lipinski definition) is 2. The molecule has 2 rings (SSSR count). The van der Waals surface area contributed by atoms with Gasteiger partial charge < -0.3 is 0 Å². The van der Waals surface area contributed by atoms with Gasteiger partial charge in [-0.1, -0.05) is 11.6 Å². The van der Waals surface area contributed by atoms with E-state index in [0.29, 0.717) is 5.65 Å². The first-order valence-corrected chi connectivity index (χ1v) is 3.32. The van der Waals surface area contributed by atoms with Gasteiger partial charge in [-0.3, -0.25) is 0 Å². The lowest BCUT2D eigenvalue weighted by Crippen LogP contribution is -1.86. The molecule has 0 saturated carbocycles. The third kappa shape index (κ3) is 0.914. The first-order chi connectivity index (χ1) is 5.27. The number of hydrogen-bond donors (Lipinski definition) is 0. The second-order valence-electron chi connectivity index (χ2n) is 2.02. The van der Waals surface area contributed by atoms with Gasteiger partial charge in [-0.15, -0.1) is 0 Å². The summed E-state index contributed by atoms with van der Waals surface area (Å²) in [5, 5.41) is 11.2. The van der Waals surface area contributed by atoms with E-state index in [-0.39, 0.29) is 5.15 Å². The quantitative estimate of drug-likeness (QED) is 0.560. The maximum atomic E-state index is 11.0. The van der Waals surface area contributed by atoms with Crippen molar-refractivity contribution in [3.8, 4) is 6.01 Å². The van der Waals surface area contributed by atoms with Crippen LogP contribution in [0.3, 0.4) is 0 Å². The van der Waals surface area contributed by atoms with Gasteiger partial charge in [0.15, 0.2) is 0 Å². The van der Waals surface area contributed by atoms with Crippen molar-refractivity contribution < 1.29 is 5.11 Å². The summed E-state index contributed by atoms with van der Waals surface area (Å²) in [6, 6.07) is 1.13. The molecule has 4 nitrogen and oxygen atoms in total. The molecule has 2 aromatic heterocycles. The fourth-order valence-corrected chi connectivity index (χ4v) is 1.04. The summed E-state index contributed by atoms with van der Waals surface area (Å²) >= 11 is 5.52. The van der Waals surface area contributed by atoms with Crippen molar-refractivity contribution in [3.05, 3.63) is 23.6 Å². The van der Waals surface area contributed by atoms with Gasteiger partial charge >= 0.3 is 6.01 Å². The summed E-state index contributed by atoms with van der Waals surface area (Å²) in [6.07, 6.45) is 3.07. The van der Waals surface area contributed by atoms with Gasteiger partial charge in [0.25, 0.3) is 0 Å². The Morgan fingerprint density at radius 2 is 2.36 bits per heavy atom. The normalized spacial score (nSPS) is 10.6. The predicted octanol–water partition coefficient (Wildman–Crippen LogP) is 1.53. The van der Waals surface area contributed by atoms with Crippen LogP contribution in [0.5, 0.6) is 6.01 Å². The third-order valence-corrected chi connectivity index (χ3v) is 1.52. The van der Waals surface area contributed by atoms with Crippen molar-refractivity contribution >= 4 is 17.2 Å². The van der Waals surface area contributed by atoms with E-state index in [2.05, 4.69) is 9.97 Å². The van der Waals surface area contributed by atoms with Crippen molar-refractivity contribution in [2.45, 2.75) is 0 Å². The van der Waals surface area contributed by atoms with Crippen molar-refractivity contribution in [3.63, 3.8) is 0 Å². The highest BCUT2D eigenvalue weighted by molar-refractivity contribution is 6.29. The van der Waals surface area contributed by atoms with Crippen LogP contribution in [0.2, 0.25) is 5.15 Å². The summed E-state index contributed by atoms with van der Waals surface area (Å²) < 4.78 is 1.33. The summed E-state index contributed by atoms with van der Waals surface area (Å²) in [6.45, 7) is 0. The van der Waals surface area contributed by atoms with E-state index < -0.39 is 6.01 Å². The first kappa shape index (κ1) is 6.42. The van der Waals surface area contributed by atoms with E-state index in [9.17, 15) is 5.11 Å². The molecule has 2 heterocycles. The molecule has 0 fully saturated rings. The molecule has 0 amide bonds. The zero-order valence-corrected chi connectivity index (χ0v) is 6.12. The Kier molecular flexibility index (Phi) is 1.22. The molecule has 55 valence electrons. The molecule has 0 bridgehead atoms. The van der Waals surface area contributed by atoms with Crippen LogP contribution in [0.25, 0.3) is 5.65 Å². The summed E-state index contributed by atoms with van der Waals surface area (Å²) in [7, 11) is 0. The van der Waals surface area contributed by atoms with E-state index in [0.717, 1.165) is 0 Å². The van der Waals surface area contributed by atoms with Crippen molar-refractivity contribution in [2.75, 3.05) is 0 Å². The molecular weight excluding hydrogens is 166 g/mol. The Bertz CT molecular complexity index is 398. The van der Waals surface area contributed by atoms with Crippen LogP contribution in [0.15, 0.2) is 18.5 Å². The minimum atomic E-state index is -0.398. The lowest BCUT2D eigenvalue weighted by molar-refractivity contribution is 0.313. The largest absolute Gasteiger partial charge is 0.354 e. The van der Waals surface area contributed by atoms with Crippen LogP contribution in [-0.2, 0) is 5.11 Å². The lowest BCUT2D eigenvalue weighted by atomic mass is 10.6. The number of imidazole rings is 1. The van der Waals surface area contributed by atoms with Crippen LogP contribution >= 0.6 is 11.6 Å². The summed E-state index contributed by atoms with van der Waals surface area (Å²) in [5.41, 5.74) is 0.523. The maximum absolute atomic E-state index is 11.0. The average Bonchev–Trinajstić information content (AvgIpc) is 2.34. The molecule has 0 atom stereocenters. The monoisotopic (exact) mass is 168 g/mol. The fraction of sp³-hybridized carbons (Fsp3) is 0. The number of nitrogens with zero attached hydrogens (tertiary/aromatic N) is 3. The molecule has 0 unspecified atom stereocenters. The molecule has 0 saturated heterocycles. The third-order valence-electron chi connectivity index (χ3n) is 1.33. The molecule has 0 aliphatic carbocycles. The number of rotatable bonds is 0. The van der Waals surface area contributed by atoms with Crippen LogP contribution in [-0.4, -0.2) is 14.4 Å². The number of fused-ring (bicyclic) bond motifs is 1. The van der Waals surface area contributed by atoms with Crippen LogP contribution < -0.4 is 0 Å². The Labute approximate surface area is 67.1 Å². The minimum Gasteiger partial charge on any atom is -0.250 e. The summed E-state index contributed by atoms with van der Waals surface area (Å²) in [5.74, 6) is 0. The molecule has 11 heavy (non-hydrogen) atoms. The molecule has 0 spiro atoms. The van der Waals surface area contributed by atoms with Crippen LogP contribution in [0.1, 0.15) is 0 Å². The van der Waals surface area contributed by atoms with Gasteiger partial charge in [-0.25, -0.2) is 14.5 Å². The maximum Gasteiger partial charge on any atom is 0.354 e. The SMILES string of the molecule is [O]c1nc(Cl)cc2nccn12. The van der Waals surface area contributed by atoms with E-state index >= 15 is 0 Å². The lowest BCUT2D eigenvalue weighted by Gasteiger charge is -1.93. The highest BCUT2D eigenvalue weighted by Crippen LogP contribution is 2.14. The first-order valence-electron chi connectivity index (χ1n) is 2.94. The van der Waals surface area contributed by atoms with Crippen molar-refractivity contribution in [1.29, 1.82) is 0 Å². The van der Waals surface area contributed by atoms with Crippen LogP contribution in [0, 0.1) is 0 Å². The van der Waals surface area contributed by atoms with Crippen molar-refractivity contribution in [2.24, 2.45) is 0 Å². The smallest absolute Gasteiger partial charge is 0.250 e.